The van der Waals surface area contributed by atoms with Crippen molar-refractivity contribution in [2.45, 2.75) is 13.0 Å². The van der Waals surface area contributed by atoms with Gasteiger partial charge < -0.3 is 16.8 Å². The van der Waals surface area contributed by atoms with Crippen LogP contribution in [0, 0.1) is 0 Å². The first kappa shape index (κ1) is 14.4. The number of halogens is 1. The van der Waals surface area contributed by atoms with Crippen LogP contribution < -0.4 is 16.8 Å². The number of anilines is 2. The van der Waals surface area contributed by atoms with E-state index in [1.165, 1.54) is 0 Å². The SMILES string of the molecule is CC(Nc1cc(N)ccc1C(N)=O)c1cccc(Br)c1. The maximum atomic E-state index is 11.4. The van der Waals surface area contributed by atoms with Gasteiger partial charge >= 0.3 is 0 Å². The van der Waals surface area contributed by atoms with Gasteiger partial charge in [-0.3, -0.25) is 4.79 Å². The topological polar surface area (TPSA) is 81.1 Å². The molecule has 1 amide bonds. The third-order valence-electron chi connectivity index (χ3n) is 3.03. The van der Waals surface area contributed by atoms with Crippen LogP contribution in [0.4, 0.5) is 11.4 Å². The van der Waals surface area contributed by atoms with Crippen molar-refractivity contribution < 1.29 is 4.79 Å². The van der Waals surface area contributed by atoms with Gasteiger partial charge in [-0.05, 0) is 42.8 Å². The summed E-state index contributed by atoms with van der Waals surface area (Å²) in [6.07, 6.45) is 0. The molecule has 20 heavy (non-hydrogen) atoms. The molecule has 5 N–H and O–H groups in total. The molecule has 0 aromatic heterocycles. The average molecular weight is 334 g/mol. The molecule has 0 bridgehead atoms. The van der Waals surface area contributed by atoms with Crippen LogP contribution in [0.1, 0.15) is 28.9 Å². The van der Waals surface area contributed by atoms with Gasteiger partial charge in [0.05, 0.1) is 5.56 Å². The second-order valence-corrected chi connectivity index (χ2v) is 5.51. The number of rotatable bonds is 4. The second-order valence-electron chi connectivity index (χ2n) is 4.59. The molecule has 2 aromatic carbocycles. The van der Waals surface area contributed by atoms with Crippen LogP contribution in [0.15, 0.2) is 46.9 Å². The third-order valence-corrected chi connectivity index (χ3v) is 3.52. The molecule has 0 fully saturated rings. The number of nitrogens with one attached hydrogen (secondary N) is 1. The third kappa shape index (κ3) is 3.30. The van der Waals surface area contributed by atoms with Crippen LogP contribution in [-0.4, -0.2) is 5.91 Å². The van der Waals surface area contributed by atoms with Gasteiger partial charge in [0, 0.05) is 21.9 Å². The van der Waals surface area contributed by atoms with Crippen molar-refractivity contribution in [2.24, 2.45) is 5.73 Å². The first-order valence-electron chi connectivity index (χ1n) is 6.18. The summed E-state index contributed by atoms with van der Waals surface area (Å²) in [5, 5.41) is 3.27. The number of hydrogen-bond donors (Lipinski definition) is 3. The highest BCUT2D eigenvalue weighted by atomic mass is 79.9. The van der Waals surface area contributed by atoms with Gasteiger partial charge in [-0.25, -0.2) is 0 Å². The Morgan fingerprint density at radius 1 is 1.25 bits per heavy atom. The number of benzene rings is 2. The first-order chi connectivity index (χ1) is 9.47. The van der Waals surface area contributed by atoms with Crippen molar-refractivity contribution >= 4 is 33.2 Å². The minimum Gasteiger partial charge on any atom is -0.399 e. The van der Waals surface area contributed by atoms with E-state index in [2.05, 4.69) is 21.2 Å². The maximum absolute atomic E-state index is 11.4. The van der Waals surface area contributed by atoms with Gasteiger partial charge in [0.25, 0.3) is 5.91 Å². The van der Waals surface area contributed by atoms with Gasteiger partial charge in [0.2, 0.25) is 0 Å². The zero-order valence-electron chi connectivity index (χ0n) is 11.1. The number of nitrogen functional groups attached to an aromatic ring is 1. The highest BCUT2D eigenvalue weighted by molar-refractivity contribution is 9.10. The van der Waals surface area contributed by atoms with Gasteiger partial charge in [-0.2, -0.15) is 0 Å². The smallest absolute Gasteiger partial charge is 0.250 e. The lowest BCUT2D eigenvalue weighted by Gasteiger charge is -2.18. The number of amides is 1. The van der Waals surface area contributed by atoms with E-state index in [0.29, 0.717) is 16.9 Å². The summed E-state index contributed by atoms with van der Waals surface area (Å²) in [6, 6.07) is 13.0. The van der Waals surface area contributed by atoms with E-state index in [-0.39, 0.29) is 6.04 Å². The lowest BCUT2D eigenvalue weighted by Crippen LogP contribution is -2.16. The van der Waals surface area contributed by atoms with E-state index < -0.39 is 5.91 Å². The van der Waals surface area contributed by atoms with Crippen LogP contribution in [0.2, 0.25) is 0 Å². The monoisotopic (exact) mass is 333 g/mol. The molecule has 5 heteroatoms. The zero-order valence-corrected chi connectivity index (χ0v) is 12.6. The van der Waals surface area contributed by atoms with Crippen molar-refractivity contribution in [3.8, 4) is 0 Å². The molecule has 0 radical (unpaired) electrons. The minimum atomic E-state index is -0.478. The van der Waals surface area contributed by atoms with E-state index in [4.69, 9.17) is 11.5 Å². The van der Waals surface area contributed by atoms with E-state index in [1.807, 2.05) is 31.2 Å². The Hall–Kier alpha value is -2.01. The molecule has 1 atom stereocenters. The molecule has 0 aliphatic rings. The standard InChI is InChI=1S/C15H16BrN3O/c1-9(10-3-2-4-11(16)7-10)19-14-8-12(17)5-6-13(14)15(18)20/h2-9,19H,17H2,1H3,(H2,18,20). The van der Waals surface area contributed by atoms with Crippen LogP contribution >= 0.6 is 15.9 Å². The second kappa shape index (κ2) is 5.96. The largest absolute Gasteiger partial charge is 0.399 e. The fraction of sp³-hybridized carbons (Fsp3) is 0.133. The summed E-state index contributed by atoms with van der Waals surface area (Å²) in [6.45, 7) is 2.01. The lowest BCUT2D eigenvalue weighted by atomic mass is 10.1. The summed E-state index contributed by atoms with van der Waals surface area (Å²) in [5.74, 6) is -0.478. The molecule has 0 heterocycles. The predicted molar refractivity (Wildman–Crippen MR) is 85.6 cm³/mol. The molecule has 0 saturated heterocycles. The number of carbonyl (C=O) groups excluding carboxylic acids is 1. The van der Waals surface area contributed by atoms with E-state index in [1.54, 1.807) is 18.2 Å². The van der Waals surface area contributed by atoms with Crippen molar-refractivity contribution in [1.82, 2.24) is 0 Å². The Labute approximate surface area is 126 Å². The van der Waals surface area contributed by atoms with Crippen molar-refractivity contribution in [2.75, 3.05) is 11.1 Å². The Balaban J connectivity index is 2.29. The van der Waals surface area contributed by atoms with Crippen molar-refractivity contribution in [1.29, 1.82) is 0 Å². The lowest BCUT2D eigenvalue weighted by molar-refractivity contribution is 0.100. The molecule has 2 aromatic rings. The Morgan fingerprint density at radius 3 is 2.65 bits per heavy atom. The molecule has 2 rings (SSSR count). The van der Waals surface area contributed by atoms with Gasteiger partial charge in [-0.1, -0.05) is 28.1 Å². The highest BCUT2D eigenvalue weighted by Crippen LogP contribution is 2.25. The molecule has 104 valence electrons. The molecule has 0 aliphatic carbocycles. The van der Waals surface area contributed by atoms with Gasteiger partial charge in [0.15, 0.2) is 0 Å². The van der Waals surface area contributed by atoms with E-state index in [0.717, 1.165) is 10.0 Å². The molecule has 1 unspecified atom stereocenters. The van der Waals surface area contributed by atoms with Crippen molar-refractivity contribution in [3.05, 3.63) is 58.1 Å². The summed E-state index contributed by atoms with van der Waals surface area (Å²) in [7, 11) is 0. The van der Waals surface area contributed by atoms with Gasteiger partial charge in [-0.15, -0.1) is 0 Å². The molecule has 0 aliphatic heterocycles. The summed E-state index contributed by atoms with van der Waals surface area (Å²) >= 11 is 3.44. The summed E-state index contributed by atoms with van der Waals surface area (Å²) < 4.78 is 1.01. The quantitative estimate of drug-likeness (QED) is 0.751. The number of nitrogens with two attached hydrogens (primary N) is 2. The van der Waals surface area contributed by atoms with E-state index >= 15 is 0 Å². The number of carbonyl (C=O) groups is 1. The Bertz CT molecular complexity index is 643. The fourth-order valence-electron chi connectivity index (χ4n) is 1.99. The van der Waals surface area contributed by atoms with Crippen LogP contribution in [0.5, 0.6) is 0 Å². The fourth-order valence-corrected chi connectivity index (χ4v) is 2.41. The highest BCUT2D eigenvalue weighted by Gasteiger charge is 2.12. The first-order valence-corrected chi connectivity index (χ1v) is 6.98. The summed E-state index contributed by atoms with van der Waals surface area (Å²) in [4.78, 5) is 11.4. The predicted octanol–water partition coefficient (Wildman–Crippen LogP) is 3.30. The normalized spacial score (nSPS) is 11.9. The minimum absolute atomic E-state index is 0.0207. The molecular formula is C15H16BrN3O. The Morgan fingerprint density at radius 2 is 2.00 bits per heavy atom. The molecular weight excluding hydrogens is 318 g/mol. The number of primary amides is 1. The van der Waals surface area contributed by atoms with Crippen LogP contribution in [-0.2, 0) is 0 Å². The van der Waals surface area contributed by atoms with Gasteiger partial charge in [0.1, 0.15) is 0 Å². The maximum Gasteiger partial charge on any atom is 0.250 e. The van der Waals surface area contributed by atoms with E-state index in [9.17, 15) is 4.79 Å². The molecule has 0 spiro atoms. The average Bonchev–Trinajstić information content (AvgIpc) is 2.38. The Kier molecular flexibility index (Phi) is 4.29. The van der Waals surface area contributed by atoms with Crippen LogP contribution in [0.3, 0.4) is 0 Å². The van der Waals surface area contributed by atoms with Crippen molar-refractivity contribution in [3.63, 3.8) is 0 Å². The zero-order chi connectivity index (χ0) is 14.7. The van der Waals surface area contributed by atoms with Crippen LogP contribution in [0.25, 0.3) is 0 Å². The molecule has 0 saturated carbocycles. The molecule has 4 nitrogen and oxygen atoms in total. The summed E-state index contributed by atoms with van der Waals surface area (Å²) in [5.41, 5.74) is 13.9. The number of hydrogen-bond acceptors (Lipinski definition) is 3.